The summed E-state index contributed by atoms with van der Waals surface area (Å²) >= 11 is 0. The van der Waals surface area contributed by atoms with Gasteiger partial charge in [-0.05, 0) is 29.0 Å². The van der Waals surface area contributed by atoms with Gasteiger partial charge in [-0.3, -0.25) is 4.40 Å². The molecule has 0 saturated heterocycles. The number of fused-ring (bicyclic) bond motifs is 2. The van der Waals surface area contributed by atoms with Gasteiger partial charge in [0, 0.05) is 11.8 Å². The molecule has 4 aromatic rings. The largest absolute Gasteiger partial charge is 0.300 e. The molecule has 2 aromatic carbocycles. The van der Waals surface area contributed by atoms with E-state index in [9.17, 15) is 0 Å². The van der Waals surface area contributed by atoms with E-state index in [0.29, 0.717) is 0 Å². The summed E-state index contributed by atoms with van der Waals surface area (Å²) in [5, 5.41) is 2.50. The van der Waals surface area contributed by atoms with E-state index in [1.807, 2.05) is 24.5 Å². The molecule has 0 spiro atoms. The van der Waals surface area contributed by atoms with Crippen molar-refractivity contribution in [1.82, 2.24) is 9.38 Å². The molecule has 0 bridgehead atoms. The summed E-state index contributed by atoms with van der Waals surface area (Å²) in [5.74, 6) is 0.987. The van der Waals surface area contributed by atoms with Crippen molar-refractivity contribution >= 4 is 16.3 Å². The molecule has 0 radical (unpaired) electrons. The number of pyridine rings is 1. The molecule has 0 saturated carbocycles. The number of benzene rings is 2. The van der Waals surface area contributed by atoms with E-state index in [1.165, 1.54) is 10.8 Å². The molecule has 0 aliphatic heterocycles. The molecule has 19 heavy (non-hydrogen) atoms. The maximum absolute atomic E-state index is 4.54. The first-order valence-electron chi connectivity index (χ1n) is 6.33. The molecule has 2 heteroatoms. The summed E-state index contributed by atoms with van der Waals surface area (Å²) < 4.78 is 2.12. The number of nitrogens with zero attached hydrogens (tertiary/aromatic N) is 2. The topological polar surface area (TPSA) is 17.3 Å². The van der Waals surface area contributed by atoms with Crippen LogP contribution in [0.4, 0.5) is 0 Å². The van der Waals surface area contributed by atoms with Gasteiger partial charge >= 0.3 is 0 Å². The third-order valence-electron chi connectivity index (χ3n) is 3.45. The van der Waals surface area contributed by atoms with Gasteiger partial charge in [0.2, 0.25) is 0 Å². The Morgan fingerprint density at radius 3 is 2.58 bits per heavy atom. The fraction of sp³-hybridized carbons (Fsp3) is 0. The van der Waals surface area contributed by atoms with E-state index in [1.54, 1.807) is 0 Å². The highest BCUT2D eigenvalue weighted by molar-refractivity contribution is 5.86. The van der Waals surface area contributed by atoms with Crippen molar-refractivity contribution in [1.29, 1.82) is 0 Å². The van der Waals surface area contributed by atoms with Crippen LogP contribution in [0.25, 0.3) is 27.7 Å². The molecule has 2 nitrogen and oxygen atoms in total. The summed E-state index contributed by atoms with van der Waals surface area (Å²) in [4.78, 5) is 4.54. The standard InChI is InChI=1S/C17H12N2/c1-2-6-14-11-15(9-8-13(14)5-1)17-18-12-16-7-3-4-10-19(16)17/h1-12H. The average Bonchev–Trinajstić information content (AvgIpc) is 2.91. The molecule has 0 N–H and O–H groups in total. The zero-order valence-electron chi connectivity index (χ0n) is 10.3. The van der Waals surface area contributed by atoms with E-state index >= 15 is 0 Å². The average molecular weight is 244 g/mol. The van der Waals surface area contributed by atoms with E-state index in [4.69, 9.17) is 0 Å². The van der Waals surface area contributed by atoms with E-state index in [-0.39, 0.29) is 0 Å². The molecular formula is C17H12N2. The molecule has 90 valence electrons. The Kier molecular flexibility index (Phi) is 2.15. The highest BCUT2D eigenvalue weighted by Gasteiger charge is 2.06. The fourth-order valence-corrected chi connectivity index (χ4v) is 2.49. The van der Waals surface area contributed by atoms with Gasteiger partial charge in [-0.1, -0.05) is 42.5 Å². The summed E-state index contributed by atoms with van der Waals surface area (Å²) in [5.41, 5.74) is 2.26. The van der Waals surface area contributed by atoms with E-state index < -0.39 is 0 Å². The zero-order chi connectivity index (χ0) is 12.7. The van der Waals surface area contributed by atoms with Gasteiger partial charge in [0.15, 0.2) is 0 Å². The molecular weight excluding hydrogens is 232 g/mol. The van der Waals surface area contributed by atoms with Crippen LogP contribution in [0.5, 0.6) is 0 Å². The Hall–Kier alpha value is -2.61. The highest BCUT2D eigenvalue weighted by Crippen LogP contribution is 2.24. The van der Waals surface area contributed by atoms with Crippen LogP contribution in [-0.4, -0.2) is 9.38 Å². The second-order valence-electron chi connectivity index (χ2n) is 4.64. The van der Waals surface area contributed by atoms with Crippen LogP contribution in [0.1, 0.15) is 0 Å². The lowest BCUT2D eigenvalue weighted by atomic mass is 10.1. The van der Waals surface area contributed by atoms with Gasteiger partial charge in [-0.15, -0.1) is 0 Å². The minimum absolute atomic E-state index is 0.987. The summed E-state index contributed by atoms with van der Waals surface area (Å²) in [7, 11) is 0. The molecule has 2 aromatic heterocycles. The summed E-state index contributed by atoms with van der Waals surface area (Å²) in [6.45, 7) is 0. The van der Waals surface area contributed by atoms with Crippen molar-refractivity contribution in [3.8, 4) is 11.4 Å². The predicted octanol–water partition coefficient (Wildman–Crippen LogP) is 4.15. The van der Waals surface area contributed by atoms with Crippen LogP contribution in [0.2, 0.25) is 0 Å². The Bertz CT molecular complexity index is 874. The Labute approximate surface area is 111 Å². The molecule has 0 atom stereocenters. The second kappa shape index (κ2) is 3.95. The van der Waals surface area contributed by atoms with E-state index in [0.717, 1.165) is 16.9 Å². The number of imidazole rings is 1. The van der Waals surface area contributed by atoms with Crippen LogP contribution in [0.3, 0.4) is 0 Å². The lowest BCUT2D eigenvalue weighted by molar-refractivity contribution is 1.16. The predicted molar refractivity (Wildman–Crippen MR) is 78.1 cm³/mol. The minimum atomic E-state index is 0.987. The van der Waals surface area contributed by atoms with Gasteiger partial charge in [0.1, 0.15) is 5.82 Å². The number of hydrogen-bond donors (Lipinski definition) is 0. The highest BCUT2D eigenvalue weighted by atomic mass is 15.0. The van der Waals surface area contributed by atoms with Gasteiger partial charge in [0.25, 0.3) is 0 Å². The molecule has 0 amide bonds. The van der Waals surface area contributed by atoms with Crippen LogP contribution < -0.4 is 0 Å². The quantitative estimate of drug-likeness (QED) is 0.491. The van der Waals surface area contributed by atoms with Gasteiger partial charge in [0.05, 0.1) is 11.7 Å². The van der Waals surface area contributed by atoms with Crippen molar-refractivity contribution in [2.24, 2.45) is 0 Å². The zero-order valence-corrected chi connectivity index (χ0v) is 10.3. The first-order chi connectivity index (χ1) is 9.42. The van der Waals surface area contributed by atoms with Gasteiger partial charge < -0.3 is 0 Å². The molecule has 0 fully saturated rings. The van der Waals surface area contributed by atoms with Crippen molar-refractivity contribution in [2.75, 3.05) is 0 Å². The lowest BCUT2D eigenvalue weighted by Gasteiger charge is -2.03. The number of hydrogen-bond acceptors (Lipinski definition) is 1. The maximum atomic E-state index is 4.54. The lowest BCUT2D eigenvalue weighted by Crippen LogP contribution is -1.88. The Balaban J connectivity index is 1.99. The smallest absolute Gasteiger partial charge is 0.144 e. The first-order valence-corrected chi connectivity index (χ1v) is 6.33. The summed E-state index contributed by atoms with van der Waals surface area (Å²) in [6.07, 6.45) is 3.96. The van der Waals surface area contributed by atoms with Gasteiger partial charge in [-0.25, -0.2) is 4.98 Å². The van der Waals surface area contributed by atoms with Crippen molar-refractivity contribution < 1.29 is 0 Å². The normalized spacial score (nSPS) is 11.2. The van der Waals surface area contributed by atoms with Crippen LogP contribution >= 0.6 is 0 Å². The SMILES string of the molecule is c1ccc2cc(-c3ncc4ccccn34)ccc2c1. The van der Waals surface area contributed by atoms with Gasteiger partial charge in [-0.2, -0.15) is 0 Å². The number of aromatic nitrogens is 2. The first kappa shape index (κ1) is 10.3. The van der Waals surface area contributed by atoms with Crippen molar-refractivity contribution in [3.63, 3.8) is 0 Å². The van der Waals surface area contributed by atoms with Crippen molar-refractivity contribution in [3.05, 3.63) is 73.1 Å². The number of rotatable bonds is 1. The molecule has 2 heterocycles. The van der Waals surface area contributed by atoms with E-state index in [2.05, 4.69) is 57.9 Å². The summed E-state index contributed by atoms with van der Waals surface area (Å²) in [6, 6.07) is 21.0. The second-order valence-corrected chi connectivity index (χ2v) is 4.64. The van der Waals surface area contributed by atoms with Crippen LogP contribution in [-0.2, 0) is 0 Å². The Morgan fingerprint density at radius 1 is 0.789 bits per heavy atom. The minimum Gasteiger partial charge on any atom is -0.300 e. The molecule has 4 rings (SSSR count). The maximum Gasteiger partial charge on any atom is 0.144 e. The fourth-order valence-electron chi connectivity index (χ4n) is 2.49. The third kappa shape index (κ3) is 1.61. The van der Waals surface area contributed by atoms with Crippen LogP contribution in [0.15, 0.2) is 73.1 Å². The molecule has 0 aliphatic rings. The van der Waals surface area contributed by atoms with Crippen molar-refractivity contribution in [2.45, 2.75) is 0 Å². The Morgan fingerprint density at radius 2 is 1.63 bits per heavy atom. The third-order valence-corrected chi connectivity index (χ3v) is 3.45. The monoisotopic (exact) mass is 244 g/mol. The molecule has 0 aliphatic carbocycles. The molecule has 0 unspecified atom stereocenters. The van der Waals surface area contributed by atoms with Crippen LogP contribution in [0, 0.1) is 0 Å².